The number of carbonyl (C=O) groups is 1. The van der Waals surface area contributed by atoms with Gasteiger partial charge in [-0.3, -0.25) is 4.79 Å². The van der Waals surface area contributed by atoms with Crippen LogP contribution in [0.25, 0.3) is 21.8 Å². The maximum absolute atomic E-state index is 12.7. The molecule has 0 unspecified atom stereocenters. The highest BCUT2D eigenvalue weighted by Crippen LogP contribution is 2.31. The standard InChI is InChI=1S/C23H22BrN3O3S/c1-3-27-21-7-5-4-6-19(21)20-14-17(10-13-22(20)27)25-23(28)15(2)26-31(29,30)18-11-8-16(24)9-12-18/h4-15,26H,3H2,1-2H3,(H,25,28)/t15-/m1/s1. The summed E-state index contributed by atoms with van der Waals surface area (Å²) in [6, 6.07) is 19.2. The van der Waals surface area contributed by atoms with Gasteiger partial charge in [0.2, 0.25) is 15.9 Å². The number of halogens is 1. The van der Waals surface area contributed by atoms with Crippen molar-refractivity contribution in [1.82, 2.24) is 9.29 Å². The third-order valence-electron chi connectivity index (χ3n) is 5.21. The van der Waals surface area contributed by atoms with E-state index in [1.807, 2.05) is 30.3 Å². The SMILES string of the molecule is CCn1c2ccccc2c2cc(NC(=O)[C@@H](C)NS(=O)(=O)c3ccc(Br)cc3)ccc21. The molecule has 0 aliphatic heterocycles. The average molecular weight is 500 g/mol. The number of rotatable bonds is 6. The highest BCUT2D eigenvalue weighted by atomic mass is 79.9. The number of hydrogen-bond acceptors (Lipinski definition) is 3. The van der Waals surface area contributed by atoms with E-state index in [0.29, 0.717) is 5.69 Å². The lowest BCUT2D eigenvalue weighted by Crippen LogP contribution is -2.41. The van der Waals surface area contributed by atoms with Crippen LogP contribution < -0.4 is 10.0 Å². The first-order valence-electron chi connectivity index (χ1n) is 9.90. The van der Waals surface area contributed by atoms with Gasteiger partial charge in [0.25, 0.3) is 0 Å². The lowest BCUT2D eigenvalue weighted by molar-refractivity contribution is -0.117. The summed E-state index contributed by atoms with van der Waals surface area (Å²) in [6.07, 6.45) is 0. The molecule has 0 fully saturated rings. The van der Waals surface area contributed by atoms with Gasteiger partial charge >= 0.3 is 0 Å². The zero-order valence-electron chi connectivity index (χ0n) is 17.1. The lowest BCUT2D eigenvalue weighted by Gasteiger charge is -2.15. The van der Waals surface area contributed by atoms with Gasteiger partial charge in [0.1, 0.15) is 0 Å². The van der Waals surface area contributed by atoms with Crippen molar-refractivity contribution >= 4 is 59.4 Å². The summed E-state index contributed by atoms with van der Waals surface area (Å²) in [5, 5.41) is 4.98. The van der Waals surface area contributed by atoms with Gasteiger partial charge in [-0.2, -0.15) is 4.72 Å². The minimum atomic E-state index is -3.81. The molecule has 4 rings (SSSR count). The molecule has 6 nitrogen and oxygen atoms in total. The van der Waals surface area contributed by atoms with E-state index in [2.05, 4.69) is 49.6 Å². The molecular weight excluding hydrogens is 478 g/mol. The fourth-order valence-corrected chi connectivity index (χ4v) is 5.16. The maximum atomic E-state index is 12.7. The Balaban J connectivity index is 1.56. The molecule has 0 radical (unpaired) electrons. The molecule has 2 N–H and O–H groups in total. The number of nitrogens with one attached hydrogen (secondary N) is 2. The number of para-hydroxylation sites is 1. The summed E-state index contributed by atoms with van der Waals surface area (Å²) in [4.78, 5) is 12.8. The van der Waals surface area contributed by atoms with Crippen LogP contribution in [0.3, 0.4) is 0 Å². The first-order chi connectivity index (χ1) is 14.8. The Morgan fingerprint density at radius 1 is 1.00 bits per heavy atom. The molecular formula is C23H22BrN3O3S. The van der Waals surface area contributed by atoms with Crippen LogP contribution >= 0.6 is 15.9 Å². The molecule has 3 aromatic carbocycles. The molecule has 1 heterocycles. The van der Waals surface area contributed by atoms with Crippen molar-refractivity contribution in [3.63, 3.8) is 0 Å². The Morgan fingerprint density at radius 2 is 1.68 bits per heavy atom. The minimum Gasteiger partial charge on any atom is -0.341 e. The monoisotopic (exact) mass is 499 g/mol. The molecule has 0 bridgehead atoms. The van der Waals surface area contributed by atoms with Gasteiger partial charge in [-0.25, -0.2) is 8.42 Å². The molecule has 0 saturated heterocycles. The number of sulfonamides is 1. The zero-order valence-corrected chi connectivity index (χ0v) is 19.5. The van der Waals surface area contributed by atoms with Crippen LogP contribution in [0.2, 0.25) is 0 Å². The topological polar surface area (TPSA) is 80.2 Å². The molecule has 160 valence electrons. The predicted octanol–water partition coefficient (Wildman–Crippen LogP) is 4.88. The van der Waals surface area contributed by atoms with Crippen LogP contribution in [0.5, 0.6) is 0 Å². The molecule has 8 heteroatoms. The predicted molar refractivity (Wildman–Crippen MR) is 128 cm³/mol. The van der Waals surface area contributed by atoms with Crippen LogP contribution in [-0.4, -0.2) is 24.9 Å². The third-order valence-corrected chi connectivity index (χ3v) is 7.29. The molecule has 31 heavy (non-hydrogen) atoms. The van der Waals surface area contributed by atoms with Crippen molar-refractivity contribution in [2.24, 2.45) is 0 Å². The number of aromatic nitrogens is 1. The average Bonchev–Trinajstić information content (AvgIpc) is 3.06. The highest BCUT2D eigenvalue weighted by molar-refractivity contribution is 9.10. The first-order valence-corrected chi connectivity index (χ1v) is 12.2. The Kier molecular flexibility index (Phi) is 5.88. The number of hydrogen-bond donors (Lipinski definition) is 2. The van der Waals surface area contributed by atoms with Crippen LogP contribution in [0.1, 0.15) is 13.8 Å². The van der Waals surface area contributed by atoms with E-state index in [9.17, 15) is 13.2 Å². The zero-order chi connectivity index (χ0) is 22.2. The number of aryl methyl sites for hydroxylation is 1. The molecule has 1 atom stereocenters. The van der Waals surface area contributed by atoms with E-state index in [0.717, 1.165) is 32.8 Å². The second-order valence-electron chi connectivity index (χ2n) is 7.28. The van der Waals surface area contributed by atoms with Crippen molar-refractivity contribution in [1.29, 1.82) is 0 Å². The number of nitrogens with zero attached hydrogens (tertiary/aromatic N) is 1. The lowest BCUT2D eigenvalue weighted by atomic mass is 10.1. The smallest absolute Gasteiger partial charge is 0.242 e. The van der Waals surface area contributed by atoms with E-state index in [1.54, 1.807) is 12.1 Å². The van der Waals surface area contributed by atoms with Gasteiger partial charge in [0, 0.05) is 38.5 Å². The van der Waals surface area contributed by atoms with Gasteiger partial charge < -0.3 is 9.88 Å². The second kappa shape index (κ2) is 8.45. The van der Waals surface area contributed by atoms with E-state index in [1.165, 1.54) is 19.1 Å². The van der Waals surface area contributed by atoms with E-state index < -0.39 is 22.0 Å². The molecule has 1 amide bonds. The second-order valence-corrected chi connectivity index (χ2v) is 9.91. The highest BCUT2D eigenvalue weighted by Gasteiger charge is 2.22. The minimum absolute atomic E-state index is 0.101. The van der Waals surface area contributed by atoms with Crippen LogP contribution in [0, 0.1) is 0 Å². The fraction of sp³-hybridized carbons (Fsp3) is 0.174. The van der Waals surface area contributed by atoms with Gasteiger partial charge in [0.15, 0.2) is 0 Å². The molecule has 1 aromatic heterocycles. The summed E-state index contributed by atoms with van der Waals surface area (Å²) in [6.45, 7) is 4.46. The van der Waals surface area contributed by atoms with Gasteiger partial charge in [0.05, 0.1) is 10.9 Å². The quantitative estimate of drug-likeness (QED) is 0.396. The van der Waals surface area contributed by atoms with Crippen molar-refractivity contribution in [2.75, 3.05) is 5.32 Å². The number of carbonyl (C=O) groups excluding carboxylic acids is 1. The van der Waals surface area contributed by atoms with Crippen molar-refractivity contribution in [2.45, 2.75) is 31.3 Å². The summed E-state index contributed by atoms with van der Waals surface area (Å²) in [7, 11) is -3.81. The summed E-state index contributed by atoms with van der Waals surface area (Å²) < 4.78 is 30.6. The molecule has 4 aromatic rings. The number of anilines is 1. The van der Waals surface area contributed by atoms with Crippen molar-refractivity contribution in [3.8, 4) is 0 Å². The Bertz CT molecular complexity index is 1380. The number of fused-ring (bicyclic) bond motifs is 3. The number of benzene rings is 3. The van der Waals surface area contributed by atoms with E-state index in [4.69, 9.17) is 0 Å². The first kappa shape index (κ1) is 21.5. The Hall–Kier alpha value is -2.68. The summed E-state index contributed by atoms with van der Waals surface area (Å²) >= 11 is 3.28. The normalized spacial score (nSPS) is 12.9. The van der Waals surface area contributed by atoms with E-state index >= 15 is 0 Å². The maximum Gasteiger partial charge on any atom is 0.242 e. The molecule has 0 spiro atoms. The van der Waals surface area contributed by atoms with E-state index in [-0.39, 0.29) is 4.90 Å². The van der Waals surface area contributed by atoms with Gasteiger partial charge in [-0.1, -0.05) is 34.1 Å². The summed E-state index contributed by atoms with van der Waals surface area (Å²) in [5.74, 6) is -0.431. The largest absolute Gasteiger partial charge is 0.341 e. The molecule has 0 aliphatic rings. The van der Waals surface area contributed by atoms with Gasteiger partial charge in [-0.05, 0) is 62.4 Å². The number of amides is 1. The molecule has 0 saturated carbocycles. The summed E-state index contributed by atoms with van der Waals surface area (Å²) in [5.41, 5.74) is 2.84. The van der Waals surface area contributed by atoms with Gasteiger partial charge in [-0.15, -0.1) is 0 Å². The fourth-order valence-electron chi connectivity index (χ4n) is 3.69. The van der Waals surface area contributed by atoms with Crippen LogP contribution in [0.4, 0.5) is 5.69 Å². The Labute approximate surface area is 189 Å². The third kappa shape index (κ3) is 4.23. The van der Waals surface area contributed by atoms with Crippen LogP contribution in [-0.2, 0) is 21.4 Å². The molecule has 0 aliphatic carbocycles. The van der Waals surface area contributed by atoms with Crippen molar-refractivity contribution < 1.29 is 13.2 Å². The Morgan fingerprint density at radius 3 is 2.39 bits per heavy atom. The van der Waals surface area contributed by atoms with Crippen molar-refractivity contribution in [3.05, 3.63) is 71.2 Å². The van der Waals surface area contributed by atoms with Crippen LogP contribution in [0.15, 0.2) is 76.1 Å².